The minimum absolute atomic E-state index is 0.136. The first-order valence-corrected chi connectivity index (χ1v) is 10.3. The largest absolute Gasteiger partial charge is 0.337 e. The predicted molar refractivity (Wildman–Crippen MR) is 113 cm³/mol. The van der Waals surface area contributed by atoms with Crippen LogP contribution in [-0.4, -0.2) is 51.9 Å². The lowest BCUT2D eigenvalue weighted by molar-refractivity contribution is -0.133. The third-order valence-electron chi connectivity index (χ3n) is 5.81. The normalized spacial score (nSPS) is 20.4. The molecule has 4 rings (SSSR count). The highest BCUT2D eigenvalue weighted by molar-refractivity contribution is 5.99. The summed E-state index contributed by atoms with van der Waals surface area (Å²) >= 11 is 0. The van der Waals surface area contributed by atoms with E-state index in [1.165, 1.54) is 6.07 Å². The molecule has 2 aromatic rings. The molecule has 0 aliphatic carbocycles. The van der Waals surface area contributed by atoms with Crippen LogP contribution in [0.5, 0.6) is 0 Å². The Morgan fingerprint density at radius 2 is 2.00 bits per heavy atom. The number of anilines is 2. The zero-order chi connectivity index (χ0) is 21.3. The van der Waals surface area contributed by atoms with Crippen LogP contribution in [-0.2, 0) is 11.3 Å². The number of rotatable bonds is 5. The molecule has 2 saturated heterocycles. The quantitative estimate of drug-likeness (QED) is 0.791. The molecule has 1 aromatic carbocycles. The topological polar surface area (TPSA) is 77.6 Å². The van der Waals surface area contributed by atoms with Crippen LogP contribution in [0.2, 0.25) is 0 Å². The molecule has 2 fully saturated rings. The third-order valence-corrected chi connectivity index (χ3v) is 5.81. The van der Waals surface area contributed by atoms with E-state index in [1.807, 2.05) is 18.7 Å². The first-order valence-electron chi connectivity index (χ1n) is 10.3. The van der Waals surface area contributed by atoms with E-state index in [1.54, 1.807) is 30.5 Å². The van der Waals surface area contributed by atoms with E-state index >= 15 is 0 Å². The average Bonchev–Trinajstić information content (AvgIpc) is 3.32. The van der Waals surface area contributed by atoms with Crippen LogP contribution in [0.3, 0.4) is 0 Å². The third kappa shape index (κ3) is 4.28. The second kappa shape index (κ2) is 8.39. The Balaban J connectivity index is 1.37. The molecule has 3 heterocycles. The first kappa shape index (κ1) is 20.3. The van der Waals surface area contributed by atoms with E-state index in [-0.39, 0.29) is 17.6 Å². The Kier molecular flexibility index (Phi) is 5.67. The van der Waals surface area contributed by atoms with Crippen molar-refractivity contribution in [1.82, 2.24) is 14.8 Å². The second-order valence-corrected chi connectivity index (χ2v) is 7.95. The smallest absolute Gasteiger partial charge is 0.323 e. The fourth-order valence-electron chi connectivity index (χ4n) is 4.28. The molecule has 2 aliphatic heterocycles. The van der Waals surface area contributed by atoms with Gasteiger partial charge in [-0.15, -0.1) is 0 Å². The number of hydrogen-bond donors (Lipinski definition) is 2. The summed E-state index contributed by atoms with van der Waals surface area (Å²) in [6, 6.07) is 8.40. The number of nitrogens with zero attached hydrogens (tertiary/aromatic N) is 3. The maximum absolute atomic E-state index is 14.3. The Hall–Kier alpha value is -3.00. The van der Waals surface area contributed by atoms with E-state index in [0.29, 0.717) is 24.7 Å². The SMILES string of the molecule is CCC(=O)N1CC2CC1CN2Cc1ccc(F)c(NC(=O)Nc2ccc(C)nc2)c1. The standard InChI is InChI=1S/C22H26FN5O2/c1-3-21(29)28-13-17-9-18(28)12-27(17)11-15-5-7-19(23)20(8-15)26-22(30)25-16-6-4-14(2)24-10-16/h4-8,10,17-18H,3,9,11-13H2,1-2H3,(H2,25,26,30). The van der Waals surface area contributed by atoms with Crippen LogP contribution >= 0.6 is 0 Å². The minimum atomic E-state index is -0.523. The lowest BCUT2D eigenvalue weighted by Gasteiger charge is -2.34. The number of aryl methyl sites for hydroxylation is 1. The summed E-state index contributed by atoms with van der Waals surface area (Å²) < 4.78 is 14.3. The van der Waals surface area contributed by atoms with Crippen molar-refractivity contribution in [3.05, 3.63) is 53.6 Å². The monoisotopic (exact) mass is 411 g/mol. The predicted octanol–water partition coefficient (Wildman–Crippen LogP) is 3.37. The van der Waals surface area contributed by atoms with Crippen LogP contribution in [0.15, 0.2) is 36.5 Å². The average molecular weight is 411 g/mol. The molecule has 8 heteroatoms. The molecule has 2 bridgehead atoms. The fourth-order valence-corrected chi connectivity index (χ4v) is 4.28. The maximum atomic E-state index is 14.3. The van der Waals surface area contributed by atoms with Gasteiger partial charge in [-0.1, -0.05) is 13.0 Å². The van der Waals surface area contributed by atoms with Crippen LogP contribution < -0.4 is 10.6 Å². The first-order chi connectivity index (χ1) is 14.4. The Labute approximate surface area is 175 Å². The number of carbonyl (C=O) groups excluding carboxylic acids is 2. The molecule has 3 amide bonds. The molecule has 0 radical (unpaired) electrons. The van der Waals surface area contributed by atoms with Gasteiger partial charge < -0.3 is 15.5 Å². The van der Waals surface area contributed by atoms with Gasteiger partial charge in [-0.2, -0.15) is 0 Å². The van der Waals surface area contributed by atoms with Gasteiger partial charge in [-0.25, -0.2) is 9.18 Å². The molecule has 7 nitrogen and oxygen atoms in total. The maximum Gasteiger partial charge on any atom is 0.323 e. The summed E-state index contributed by atoms with van der Waals surface area (Å²) in [6.07, 6.45) is 3.08. The van der Waals surface area contributed by atoms with Gasteiger partial charge in [-0.05, 0) is 43.2 Å². The summed E-state index contributed by atoms with van der Waals surface area (Å²) in [5, 5.41) is 5.23. The van der Waals surface area contributed by atoms with Gasteiger partial charge in [-0.3, -0.25) is 14.7 Å². The molecule has 158 valence electrons. The van der Waals surface area contributed by atoms with Gasteiger partial charge in [0, 0.05) is 43.8 Å². The van der Waals surface area contributed by atoms with Gasteiger partial charge in [0.05, 0.1) is 17.6 Å². The number of nitrogens with one attached hydrogen (secondary N) is 2. The van der Waals surface area contributed by atoms with Gasteiger partial charge in [0.2, 0.25) is 5.91 Å². The Morgan fingerprint density at radius 3 is 2.67 bits per heavy atom. The summed E-state index contributed by atoms with van der Waals surface area (Å²) in [6.45, 7) is 6.00. The highest BCUT2D eigenvalue weighted by Crippen LogP contribution is 2.32. The van der Waals surface area contributed by atoms with Crippen LogP contribution in [0.25, 0.3) is 0 Å². The zero-order valence-electron chi connectivity index (χ0n) is 17.2. The number of urea groups is 1. The van der Waals surface area contributed by atoms with Crippen molar-refractivity contribution < 1.29 is 14.0 Å². The summed E-state index contributed by atoms with van der Waals surface area (Å²) in [5.41, 5.74) is 2.44. The fraction of sp³-hybridized carbons (Fsp3) is 0.409. The van der Waals surface area contributed by atoms with Gasteiger partial charge in [0.15, 0.2) is 0 Å². The molecular weight excluding hydrogens is 385 g/mol. The number of aromatic nitrogens is 1. The van der Waals surface area contributed by atoms with Crippen LogP contribution in [0.4, 0.5) is 20.6 Å². The lowest BCUT2D eigenvalue weighted by atomic mass is 10.1. The highest BCUT2D eigenvalue weighted by Gasteiger charge is 2.44. The van der Waals surface area contributed by atoms with Crippen molar-refractivity contribution in [3.63, 3.8) is 0 Å². The summed E-state index contributed by atoms with van der Waals surface area (Å²) in [4.78, 5) is 32.7. The number of likely N-dealkylation sites (tertiary alicyclic amines) is 2. The van der Waals surface area contributed by atoms with E-state index in [4.69, 9.17) is 0 Å². The molecule has 30 heavy (non-hydrogen) atoms. The van der Waals surface area contributed by atoms with Crippen molar-refractivity contribution in [3.8, 4) is 0 Å². The van der Waals surface area contributed by atoms with Crippen molar-refractivity contribution in [2.45, 2.75) is 45.3 Å². The number of fused-ring (bicyclic) bond motifs is 2. The van der Waals surface area contributed by atoms with Gasteiger partial charge >= 0.3 is 6.03 Å². The molecule has 2 atom stereocenters. The minimum Gasteiger partial charge on any atom is -0.337 e. The second-order valence-electron chi connectivity index (χ2n) is 7.95. The van der Waals surface area contributed by atoms with Crippen molar-refractivity contribution in [2.24, 2.45) is 0 Å². The Morgan fingerprint density at radius 1 is 1.17 bits per heavy atom. The van der Waals surface area contributed by atoms with Crippen molar-refractivity contribution in [2.75, 3.05) is 23.7 Å². The summed E-state index contributed by atoms with van der Waals surface area (Å²) in [5.74, 6) is -0.274. The van der Waals surface area contributed by atoms with Gasteiger partial charge in [0.25, 0.3) is 0 Å². The lowest BCUT2D eigenvalue weighted by Crippen LogP contribution is -2.48. The van der Waals surface area contributed by atoms with Crippen molar-refractivity contribution >= 4 is 23.3 Å². The van der Waals surface area contributed by atoms with E-state index < -0.39 is 11.8 Å². The zero-order valence-corrected chi connectivity index (χ0v) is 17.2. The molecule has 1 aromatic heterocycles. The number of piperazine rings is 1. The number of hydrogen-bond acceptors (Lipinski definition) is 4. The van der Waals surface area contributed by atoms with Crippen LogP contribution in [0, 0.1) is 12.7 Å². The number of pyridine rings is 1. The summed E-state index contributed by atoms with van der Waals surface area (Å²) in [7, 11) is 0. The number of amides is 3. The number of carbonyl (C=O) groups is 2. The molecule has 2 unspecified atom stereocenters. The highest BCUT2D eigenvalue weighted by atomic mass is 19.1. The van der Waals surface area contributed by atoms with Gasteiger partial charge in [0.1, 0.15) is 5.82 Å². The van der Waals surface area contributed by atoms with Crippen LogP contribution in [0.1, 0.15) is 31.0 Å². The molecule has 0 saturated carbocycles. The van der Waals surface area contributed by atoms with E-state index in [9.17, 15) is 14.0 Å². The number of benzene rings is 1. The molecule has 2 N–H and O–H groups in total. The molecular formula is C22H26FN5O2. The molecule has 2 aliphatic rings. The number of halogens is 1. The van der Waals surface area contributed by atoms with E-state index in [2.05, 4.69) is 20.5 Å². The van der Waals surface area contributed by atoms with Crippen molar-refractivity contribution in [1.29, 1.82) is 0 Å². The Bertz CT molecular complexity index is 949. The van der Waals surface area contributed by atoms with E-state index in [0.717, 1.165) is 30.8 Å². The molecule has 0 spiro atoms.